The molecule has 0 saturated heterocycles. The second-order valence-electron chi connectivity index (χ2n) is 1.66. The molecule has 1 aromatic carbocycles. The summed E-state index contributed by atoms with van der Waals surface area (Å²) in [7, 11) is -0.750. The van der Waals surface area contributed by atoms with Gasteiger partial charge in [0.15, 0.2) is 0 Å². The smallest absolute Gasteiger partial charge is 0.432 e. The lowest BCUT2D eigenvalue weighted by molar-refractivity contribution is 0.448. The fourth-order valence-corrected chi connectivity index (χ4v) is 0.453. The van der Waals surface area contributed by atoms with Crippen LogP contribution in [0.15, 0.2) is 24.3 Å². The Morgan fingerprint density at radius 1 is 0.818 bits per heavy atom. The third-order valence-electron chi connectivity index (χ3n) is 0.850. The first-order valence-corrected chi connectivity index (χ1v) is 2.90. The molecule has 1 rings (SSSR count). The molecule has 4 nitrogen and oxygen atoms in total. The van der Waals surface area contributed by atoms with Crippen LogP contribution >= 0.6 is 0 Å². The summed E-state index contributed by atoms with van der Waals surface area (Å²) in [6, 6.07) is 5.70. The van der Waals surface area contributed by atoms with Crippen LogP contribution in [-0.4, -0.2) is 27.9 Å². The van der Waals surface area contributed by atoms with Crippen molar-refractivity contribution in [1.82, 2.24) is 0 Å². The molecule has 0 spiro atoms. The quantitative estimate of drug-likeness (QED) is 0.296. The van der Waals surface area contributed by atoms with Gasteiger partial charge in [-0.3, -0.25) is 0 Å². The summed E-state index contributed by atoms with van der Waals surface area (Å²) in [5.41, 5.74) is 0. The summed E-state index contributed by atoms with van der Waals surface area (Å²) in [5.74, 6) is 0.339. The molecule has 0 aliphatic heterocycles. The van der Waals surface area contributed by atoms with Crippen molar-refractivity contribution >= 4 is 7.69 Å². The predicted molar refractivity (Wildman–Crippen MR) is 41.4 cm³/mol. The van der Waals surface area contributed by atoms with E-state index in [1.807, 2.05) is 0 Å². The van der Waals surface area contributed by atoms with Gasteiger partial charge in [0, 0.05) is 0 Å². The second kappa shape index (κ2) is 5.58. The predicted octanol–water partition coefficient (Wildman–Crippen LogP) is -0.665. The van der Waals surface area contributed by atoms with Crippen molar-refractivity contribution < 1.29 is 20.3 Å². The maximum Gasteiger partial charge on any atom is 0.432 e. The fraction of sp³-hybridized carbons (Fsp3) is 0. The molecule has 4 N–H and O–H groups in total. The van der Waals surface area contributed by atoms with Crippen LogP contribution in [0.3, 0.4) is 0 Å². The van der Waals surface area contributed by atoms with Crippen molar-refractivity contribution in [3.63, 3.8) is 0 Å². The van der Waals surface area contributed by atoms with Crippen molar-refractivity contribution in [1.29, 1.82) is 0 Å². The molecule has 0 bridgehead atoms. The van der Waals surface area contributed by atoms with Gasteiger partial charge in [-0.15, -0.1) is 0 Å². The van der Waals surface area contributed by atoms with Crippen molar-refractivity contribution in [2.75, 3.05) is 0 Å². The standard InChI is InChI=1S/C6H6O2.BH3O2/c7-5-1-2-6(8)4-3-5;2-1-3/h1-4,7-8H;1-3H. The van der Waals surface area contributed by atoms with E-state index in [0.717, 1.165) is 0 Å². The number of phenolic OH excluding ortho intramolecular Hbond substituents is 2. The molecule has 0 unspecified atom stereocenters. The van der Waals surface area contributed by atoms with E-state index in [0.29, 0.717) is 0 Å². The van der Waals surface area contributed by atoms with E-state index in [4.69, 9.17) is 20.3 Å². The van der Waals surface area contributed by atoms with Crippen LogP contribution in [0.4, 0.5) is 0 Å². The topological polar surface area (TPSA) is 80.9 Å². The van der Waals surface area contributed by atoms with E-state index in [1.165, 1.54) is 24.3 Å². The van der Waals surface area contributed by atoms with Crippen LogP contribution in [-0.2, 0) is 0 Å². The Labute approximate surface area is 64.7 Å². The normalized spacial score (nSPS) is 7.82. The van der Waals surface area contributed by atoms with E-state index >= 15 is 0 Å². The highest BCUT2D eigenvalue weighted by Gasteiger charge is 1.84. The van der Waals surface area contributed by atoms with Gasteiger partial charge in [0.1, 0.15) is 11.5 Å². The number of hydrogen-bond acceptors (Lipinski definition) is 4. The molecule has 1 aromatic rings. The number of benzene rings is 1. The van der Waals surface area contributed by atoms with Crippen LogP contribution in [0.25, 0.3) is 0 Å². The molecule has 0 radical (unpaired) electrons. The second-order valence-corrected chi connectivity index (χ2v) is 1.66. The number of hydrogen-bond donors (Lipinski definition) is 4. The zero-order valence-corrected chi connectivity index (χ0v) is 5.81. The Bertz CT molecular complexity index is 165. The molecule has 0 aliphatic rings. The summed E-state index contributed by atoms with van der Waals surface area (Å²) < 4.78 is 0. The largest absolute Gasteiger partial charge is 0.508 e. The Morgan fingerprint density at radius 3 is 1.18 bits per heavy atom. The lowest BCUT2D eigenvalue weighted by atomic mass is 10.3. The molecular formula is C6H9BO4. The van der Waals surface area contributed by atoms with Crippen LogP contribution in [0.1, 0.15) is 0 Å². The zero-order valence-electron chi connectivity index (χ0n) is 5.81. The van der Waals surface area contributed by atoms with E-state index in [9.17, 15) is 0 Å². The molecule has 0 amide bonds. The molecule has 60 valence electrons. The lowest BCUT2D eigenvalue weighted by Crippen LogP contribution is -1.75. The molecule has 11 heavy (non-hydrogen) atoms. The van der Waals surface area contributed by atoms with E-state index in [1.54, 1.807) is 0 Å². The van der Waals surface area contributed by atoms with Crippen LogP contribution in [0, 0.1) is 0 Å². The van der Waals surface area contributed by atoms with Gasteiger partial charge in [0.2, 0.25) is 0 Å². The highest BCUT2D eigenvalue weighted by molar-refractivity contribution is 6.13. The fourth-order valence-electron chi connectivity index (χ4n) is 0.453. The zero-order chi connectivity index (χ0) is 8.69. The molecular weight excluding hydrogens is 147 g/mol. The lowest BCUT2D eigenvalue weighted by Gasteiger charge is -1.88. The Morgan fingerprint density at radius 2 is 1.00 bits per heavy atom. The van der Waals surface area contributed by atoms with Crippen molar-refractivity contribution in [3.8, 4) is 11.5 Å². The van der Waals surface area contributed by atoms with E-state index in [2.05, 4.69) is 0 Å². The van der Waals surface area contributed by atoms with Gasteiger partial charge in [-0.05, 0) is 24.3 Å². The van der Waals surface area contributed by atoms with Gasteiger partial charge in [0.05, 0.1) is 0 Å². The molecule has 0 aromatic heterocycles. The molecule has 0 aliphatic carbocycles. The first-order valence-electron chi connectivity index (χ1n) is 2.90. The highest BCUT2D eigenvalue weighted by Crippen LogP contribution is 2.13. The van der Waals surface area contributed by atoms with Gasteiger partial charge in [-0.2, -0.15) is 0 Å². The molecule has 0 saturated carbocycles. The van der Waals surface area contributed by atoms with Gasteiger partial charge in [-0.1, -0.05) is 0 Å². The molecule has 0 heterocycles. The maximum absolute atomic E-state index is 8.65. The number of phenols is 2. The Balaban J connectivity index is 0.000000292. The number of aromatic hydroxyl groups is 2. The Hall–Kier alpha value is -1.20. The minimum atomic E-state index is -0.750. The first-order chi connectivity index (χ1) is 5.20. The maximum atomic E-state index is 8.65. The van der Waals surface area contributed by atoms with Crippen molar-refractivity contribution in [2.24, 2.45) is 0 Å². The summed E-state index contributed by atoms with van der Waals surface area (Å²) in [6.07, 6.45) is 0. The van der Waals surface area contributed by atoms with Gasteiger partial charge in [0.25, 0.3) is 0 Å². The van der Waals surface area contributed by atoms with E-state index in [-0.39, 0.29) is 11.5 Å². The average Bonchev–Trinajstić information content (AvgIpc) is 1.97. The SMILES string of the molecule is OBO.Oc1ccc(O)cc1. The van der Waals surface area contributed by atoms with Crippen molar-refractivity contribution in [3.05, 3.63) is 24.3 Å². The Kier molecular flexibility index (Phi) is 4.97. The van der Waals surface area contributed by atoms with Gasteiger partial charge >= 0.3 is 7.69 Å². The molecule has 0 atom stereocenters. The summed E-state index contributed by atoms with van der Waals surface area (Å²) in [6.45, 7) is 0. The van der Waals surface area contributed by atoms with Crippen LogP contribution < -0.4 is 0 Å². The van der Waals surface area contributed by atoms with Gasteiger partial charge in [-0.25, -0.2) is 0 Å². The highest BCUT2D eigenvalue weighted by atomic mass is 16.4. The number of rotatable bonds is 0. The first kappa shape index (κ1) is 9.80. The third-order valence-corrected chi connectivity index (χ3v) is 0.850. The monoisotopic (exact) mass is 156 g/mol. The van der Waals surface area contributed by atoms with E-state index < -0.39 is 7.69 Å². The minimum Gasteiger partial charge on any atom is -0.508 e. The molecule has 5 heteroatoms. The average molecular weight is 156 g/mol. The summed E-state index contributed by atoms with van der Waals surface area (Å²) in [5, 5.41) is 31.5. The van der Waals surface area contributed by atoms with Gasteiger partial charge < -0.3 is 20.3 Å². The summed E-state index contributed by atoms with van der Waals surface area (Å²) >= 11 is 0. The molecule has 0 fully saturated rings. The van der Waals surface area contributed by atoms with Crippen LogP contribution in [0.2, 0.25) is 0 Å². The summed E-state index contributed by atoms with van der Waals surface area (Å²) in [4.78, 5) is 0. The van der Waals surface area contributed by atoms with Crippen LogP contribution in [0.5, 0.6) is 11.5 Å². The van der Waals surface area contributed by atoms with Crippen molar-refractivity contribution in [2.45, 2.75) is 0 Å². The minimum absolute atomic E-state index is 0.169. The third kappa shape index (κ3) is 5.26.